The molecule has 3 rings (SSSR count). The number of imidazole rings is 2. The molecule has 0 saturated heterocycles. The summed E-state index contributed by atoms with van der Waals surface area (Å²) in [6.07, 6.45) is 5.84. The van der Waals surface area contributed by atoms with Gasteiger partial charge < -0.3 is 0 Å². The highest BCUT2D eigenvalue weighted by molar-refractivity contribution is 7.80. The van der Waals surface area contributed by atoms with E-state index >= 15 is 0 Å². The number of aryl methyl sites for hydroxylation is 1. The number of nitrogens with zero attached hydrogens (tertiary/aromatic N) is 6. The second-order valence-electron chi connectivity index (χ2n) is 4.72. The minimum Gasteiger partial charge on any atom is -0.282 e. The van der Waals surface area contributed by atoms with E-state index in [9.17, 15) is 13.2 Å². The Bertz CT molecular complexity index is 877. The summed E-state index contributed by atoms with van der Waals surface area (Å²) >= 11 is 9.47. The second kappa shape index (κ2) is 8.56. The number of alkyl halides is 3. The highest BCUT2D eigenvalue weighted by Gasteiger charge is 2.32. The molecule has 0 saturated carbocycles. The van der Waals surface area contributed by atoms with Crippen LogP contribution < -0.4 is 0 Å². The number of hydrogen-bond acceptors (Lipinski definition) is 6. The maximum atomic E-state index is 12.2. The van der Waals surface area contributed by atoms with Crippen LogP contribution in [0.5, 0.6) is 0 Å². The topological polar surface area (TPSA) is 60.9 Å². The molecular formula is C15H11F3N6S2. The first-order valence-electron chi connectivity index (χ1n) is 6.96. The summed E-state index contributed by atoms with van der Waals surface area (Å²) < 4.78 is 40.0. The van der Waals surface area contributed by atoms with E-state index in [1.54, 1.807) is 46.6 Å². The molecule has 0 radical (unpaired) electrons. The van der Waals surface area contributed by atoms with Gasteiger partial charge in [-0.15, -0.1) is 0 Å². The number of aliphatic imine (C=N–C) groups is 1. The highest BCUT2D eigenvalue weighted by Crippen LogP contribution is 2.29. The predicted molar refractivity (Wildman–Crippen MR) is 96.5 cm³/mol. The van der Waals surface area contributed by atoms with Gasteiger partial charge >= 0.3 is 6.18 Å². The van der Waals surface area contributed by atoms with Gasteiger partial charge in [-0.1, -0.05) is 0 Å². The molecule has 26 heavy (non-hydrogen) atoms. The molecular weight excluding hydrogens is 385 g/mol. The van der Waals surface area contributed by atoms with E-state index in [1.165, 1.54) is 13.0 Å². The summed E-state index contributed by atoms with van der Waals surface area (Å²) in [6.45, 7) is 1.43. The Hall–Kier alpha value is -2.75. The van der Waals surface area contributed by atoms with Crippen molar-refractivity contribution in [2.24, 2.45) is 4.99 Å². The minimum atomic E-state index is -4.43. The molecule has 0 aliphatic heterocycles. The average Bonchev–Trinajstić information content (AvgIpc) is 3.30. The van der Waals surface area contributed by atoms with E-state index < -0.39 is 11.9 Å². The Labute approximate surface area is 157 Å². The van der Waals surface area contributed by atoms with Crippen molar-refractivity contribution in [3.05, 3.63) is 61.0 Å². The molecule has 0 unspecified atom stereocenters. The van der Waals surface area contributed by atoms with Crippen molar-refractivity contribution < 1.29 is 13.2 Å². The number of thiocarbonyl (C=S) groups is 2. The number of halogens is 3. The van der Waals surface area contributed by atoms with Crippen LogP contribution in [0, 0.1) is 6.92 Å². The van der Waals surface area contributed by atoms with E-state index in [1.807, 2.05) is 0 Å². The molecule has 0 fully saturated rings. The van der Waals surface area contributed by atoms with Crippen LogP contribution in [0.3, 0.4) is 0 Å². The molecule has 0 bridgehead atoms. The van der Waals surface area contributed by atoms with Crippen LogP contribution in [-0.2, 0) is 6.18 Å². The Morgan fingerprint density at radius 3 is 2.08 bits per heavy atom. The van der Waals surface area contributed by atoms with E-state index in [4.69, 9.17) is 12.2 Å². The maximum absolute atomic E-state index is 12.2. The molecule has 3 aromatic rings. The third-order valence-electron chi connectivity index (χ3n) is 2.97. The number of isothiocyanates is 1. The fourth-order valence-electron chi connectivity index (χ4n) is 1.76. The van der Waals surface area contributed by atoms with Gasteiger partial charge in [-0.2, -0.15) is 18.2 Å². The van der Waals surface area contributed by atoms with Crippen molar-refractivity contribution in [1.82, 2.24) is 24.1 Å². The zero-order valence-corrected chi connectivity index (χ0v) is 14.9. The van der Waals surface area contributed by atoms with Crippen molar-refractivity contribution in [1.29, 1.82) is 0 Å². The minimum absolute atomic E-state index is 0.178. The molecule has 3 heterocycles. The van der Waals surface area contributed by atoms with Crippen LogP contribution in [0.4, 0.5) is 18.9 Å². The van der Waals surface area contributed by atoms with Gasteiger partial charge in [0.15, 0.2) is 5.11 Å². The molecule has 0 spiro atoms. The smallest absolute Gasteiger partial charge is 0.282 e. The zero-order chi connectivity index (χ0) is 19.2. The summed E-state index contributed by atoms with van der Waals surface area (Å²) in [5.74, 6) is 0. The Balaban J connectivity index is 0.000000189. The molecule has 0 aromatic carbocycles. The first kappa shape index (κ1) is 19.6. The Morgan fingerprint density at radius 2 is 1.69 bits per heavy atom. The van der Waals surface area contributed by atoms with Crippen LogP contribution in [0.25, 0.3) is 0 Å². The highest BCUT2D eigenvalue weighted by atomic mass is 32.1. The summed E-state index contributed by atoms with van der Waals surface area (Å²) in [5.41, 5.74) is -0.455. The summed E-state index contributed by atoms with van der Waals surface area (Å²) in [4.78, 5) is 14.7. The van der Waals surface area contributed by atoms with Crippen molar-refractivity contribution in [3.63, 3.8) is 0 Å². The van der Waals surface area contributed by atoms with E-state index in [0.717, 1.165) is 6.07 Å². The zero-order valence-electron chi connectivity index (χ0n) is 13.3. The third-order valence-corrected chi connectivity index (χ3v) is 3.48. The molecule has 0 atom stereocenters. The molecule has 6 nitrogen and oxygen atoms in total. The predicted octanol–water partition coefficient (Wildman–Crippen LogP) is 3.90. The molecule has 0 amide bonds. The normalized spacial score (nSPS) is 10.5. The van der Waals surface area contributed by atoms with E-state index in [-0.39, 0.29) is 5.69 Å². The number of rotatable bonds is 1. The maximum Gasteiger partial charge on any atom is 0.433 e. The molecule has 3 aromatic heterocycles. The first-order chi connectivity index (χ1) is 12.3. The van der Waals surface area contributed by atoms with Gasteiger partial charge in [0.1, 0.15) is 18.3 Å². The van der Waals surface area contributed by atoms with Gasteiger partial charge in [-0.3, -0.25) is 9.13 Å². The van der Waals surface area contributed by atoms with Gasteiger partial charge in [0, 0.05) is 24.8 Å². The number of pyridine rings is 1. The van der Waals surface area contributed by atoms with E-state index in [0.29, 0.717) is 10.8 Å². The lowest BCUT2D eigenvalue weighted by molar-refractivity contribution is -0.141. The average molecular weight is 396 g/mol. The first-order valence-corrected chi connectivity index (χ1v) is 7.78. The summed E-state index contributed by atoms with van der Waals surface area (Å²) in [7, 11) is 0. The SMILES string of the molecule is Cc1nc(C(F)(F)F)ccc1N=C=S.S=C(n1ccnc1)n1ccnc1. The van der Waals surface area contributed by atoms with Crippen LogP contribution in [0.15, 0.2) is 54.6 Å². The van der Waals surface area contributed by atoms with Crippen molar-refractivity contribution in [2.75, 3.05) is 0 Å². The second-order valence-corrected chi connectivity index (χ2v) is 5.27. The van der Waals surface area contributed by atoms with Gasteiger partial charge in [-0.05, 0) is 43.5 Å². The molecule has 0 N–H and O–H groups in total. The Morgan fingerprint density at radius 1 is 1.12 bits per heavy atom. The van der Waals surface area contributed by atoms with Crippen molar-refractivity contribution in [3.8, 4) is 0 Å². The fourth-order valence-corrected chi connectivity index (χ4v) is 2.07. The van der Waals surface area contributed by atoms with Crippen molar-refractivity contribution >= 4 is 40.4 Å². The van der Waals surface area contributed by atoms with E-state index in [2.05, 4.69) is 37.3 Å². The third kappa shape index (κ3) is 5.12. The largest absolute Gasteiger partial charge is 0.433 e. The molecule has 11 heteroatoms. The summed E-state index contributed by atoms with van der Waals surface area (Å²) in [5, 5.41) is 2.71. The quantitative estimate of drug-likeness (QED) is 0.461. The lowest BCUT2D eigenvalue weighted by atomic mass is 10.2. The van der Waals surface area contributed by atoms with Crippen LogP contribution >= 0.6 is 24.4 Å². The molecule has 0 aliphatic rings. The summed E-state index contributed by atoms with van der Waals surface area (Å²) in [6, 6.07) is 2.07. The van der Waals surface area contributed by atoms with Gasteiger partial charge in [0.05, 0.1) is 16.5 Å². The Kier molecular flexibility index (Phi) is 6.45. The van der Waals surface area contributed by atoms with Crippen LogP contribution in [-0.4, -0.2) is 34.4 Å². The van der Waals surface area contributed by atoms with Gasteiger partial charge in [-0.25, -0.2) is 15.0 Å². The fraction of sp³-hybridized carbons (Fsp3) is 0.133. The number of hydrogen-bond donors (Lipinski definition) is 0. The van der Waals surface area contributed by atoms with Crippen molar-refractivity contribution in [2.45, 2.75) is 13.1 Å². The lowest BCUT2D eigenvalue weighted by Crippen LogP contribution is -2.15. The van der Waals surface area contributed by atoms with Crippen LogP contribution in [0.1, 0.15) is 11.4 Å². The molecule has 0 aliphatic carbocycles. The van der Waals surface area contributed by atoms with Crippen LogP contribution in [0.2, 0.25) is 0 Å². The standard InChI is InChI=1S/C8H5F3N2S.C7H6N4S/c1-5-6(12-4-14)2-3-7(13-5)8(9,10)11;12-7(10-3-1-8-5-10)11-4-2-9-6-11/h2-3H,1H3;1-6H. The molecule has 134 valence electrons. The van der Waals surface area contributed by atoms with Gasteiger partial charge in [0.25, 0.3) is 0 Å². The number of aromatic nitrogens is 5. The lowest BCUT2D eigenvalue weighted by Gasteiger charge is -2.06. The monoisotopic (exact) mass is 396 g/mol. The van der Waals surface area contributed by atoms with Gasteiger partial charge in [0.2, 0.25) is 0 Å².